The molecule has 36 heavy (non-hydrogen) atoms. The molecule has 190 valence electrons. The van der Waals surface area contributed by atoms with Crippen LogP contribution in [0.3, 0.4) is 0 Å². The molecule has 2 heterocycles. The fourth-order valence-electron chi connectivity index (χ4n) is 3.89. The maximum absolute atomic E-state index is 14.4. The number of urea groups is 1. The van der Waals surface area contributed by atoms with Crippen LogP contribution in [0.5, 0.6) is 17.2 Å². The van der Waals surface area contributed by atoms with Crippen molar-refractivity contribution >= 4 is 35.0 Å². The lowest BCUT2D eigenvalue weighted by molar-refractivity contribution is -0.129. The molecule has 0 aromatic heterocycles. The van der Waals surface area contributed by atoms with Gasteiger partial charge in [-0.2, -0.15) is 0 Å². The number of fused-ring (bicyclic) bond motifs is 1. The molecule has 0 aliphatic carbocycles. The Balaban J connectivity index is 1.73. The first kappa shape index (κ1) is 25.0. The van der Waals surface area contributed by atoms with Crippen molar-refractivity contribution in [2.45, 2.75) is 18.8 Å². The topological polar surface area (TPSA) is 119 Å². The molecule has 0 saturated carbocycles. The van der Waals surface area contributed by atoms with Crippen molar-refractivity contribution in [3.8, 4) is 17.2 Å². The zero-order valence-electron chi connectivity index (χ0n) is 19.2. The SMILES string of the molecule is COC1=CC(C(=O)O)=NC2C1NC(=O)N2c1cc(OCc2c(OC)ccc(F)c2F)c(OC)cc1Cl. The van der Waals surface area contributed by atoms with Crippen LogP contribution >= 0.6 is 11.6 Å². The van der Waals surface area contributed by atoms with Gasteiger partial charge in [0, 0.05) is 18.2 Å². The summed E-state index contributed by atoms with van der Waals surface area (Å²) >= 11 is 6.44. The smallest absolute Gasteiger partial charge is 0.354 e. The zero-order valence-corrected chi connectivity index (χ0v) is 19.9. The molecule has 2 unspecified atom stereocenters. The van der Waals surface area contributed by atoms with Crippen molar-refractivity contribution in [1.82, 2.24) is 5.32 Å². The Kier molecular flexibility index (Phi) is 6.88. The van der Waals surface area contributed by atoms with E-state index < -0.39 is 42.4 Å². The molecule has 0 bridgehead atoms. The molecule has 2 aliphatic rings. The number of rotatable bonds is 8. The van der Waals surface area contributed by atoms with Crippen molar-refractivity contribution in [1.29, 1.82) is 0 Å². The summed E-state index contributed by atoms with van der Waals surface area (Å²) in [5.41, 5.74) is -0.382. The number of ether oxygens (including phenoxy) is 4. The first-order valence-corrected chi connectivity index (χ1v) is 10.8. The highest BCUT2D eigenvalue weighted by molar-refractivity contribution is 6.41. The van der Waals surface area contributed by atoms with E-state index >= 15 is 0 Å². The van der Waals surface area contributed by atoms with Crippen LogP contribution in [0.4, 0.5) is 19.3 Å². The Bertz CT molecular complexity index is 1300. The van der Waals surface area contributed by atoms with Gasteiger partial charge in [0.15, 0.2) is 29.3 Å². The first-order chi connectivity index (χ1) is 17.2. The average molecular weight is 524 g/mol. The summed E-state index contributed by atoms with van der Waals surface area (Å²) in [6, 6.07) is 3.51. The van der Waals surface area contributed by atoms with Gasteiger partial charge >= 0.3 is 12.0 Å². The van der Waals surface area contributed by atoms with E-state index in [9.17, 15) is 23.5 Å². The molecule has 2 aromatic carbocycles. The van der Waals surface area contributed by atoms with Gasteiger partial charge in [-0.3, -0.25) is 4.90 Å². The summed E-state index contributed by atoms with van der Waals surface area (Å²) in [6.07, 6.45) is 0.182. The lowest BCUT2D eigenvalue weighted by atomic mass is 10.1. The zero-order chi connectivity index (χ0) is 26.1. The standard InChI is InChI=1S/C23H20ClF2N3O7/c1-33-15-5-4-12(25)19(26)10(15)9-36-17-8-14(11(24)6-16(17)34-2)29-21-20(28-23(29)32)18(35-3)7-13(27-21)22(30)31/h4-8,20-21H,9H2,1-3H3,(H,28,32)(H,30,31). The molecule has 2 amide bonds. The Hall–Kier alpha value is -4.06. The van der Waals surface area contributed by atoms with E-state index in [1.54, 1.807) is 0 Å². The minimum atomic E-state index is -1.31. The highest BCUT2D eigenvalue weighted by Crippen LogP contribution is 2.42. The predicted molar refractivity (Wildman–Crippen MR) is 124 cm³/mol. The molecular formula is C23H20ClF2N3O7. The Morgan fingerprint density at radius 3 is 2.50 bits per heavy atom. The number of dihydropyridines is 1. The molecule has 1 fully saturated rings. The number of benzene rings is 2. The van der Waals surface area contributed by atoms with Crippen LogP contribution in [0.2, 0.25) is 5.02 Å². The third-order valence-corrected chi connectivity index (χ3v) is 5.91. The van der Waals surface area contributed by atoms with Gasteiger partial charge in [0.2, 0.25) is 0 Å². The molecule has 13 heteroatoms. The second-order valence-corrected chi connectivity index (χ2v) is 7.97. The van der Waals surface area contributed by atoms with E-state index in [-0.39, 0.29) is 45.0 Å². The number of amides is 2. The third-order valence-electron chi connectivity index (χ3n) is 5.61. The van der Waals surface area contributed by atoms with E-state index in [2.05, 4.69) is 10.3 Å². The first-order valence-electron chi connectivity index (χ1n) is 10.4. The molecule has 2 atom stereocenters. The number of hydrogen-bond acceptors (Lipinski definition) is 7. The van der Waals surface area contributed by atoms with Crippen molar-refractivity contribution in [3.05, 3.63) is 58.3 Å². The highest BCUT2D eigenvalue weighted by Gasteiger charge is 2.46. The highest BCUT2D eigenvalue weighted by atomic mass is 35.5. The predicted octanol–water partition coefficient (Wildman–Crippen LogP) is 3.51. The Morgan fingerprint density at radius 1 is 1.14 bits per heavy atom. The maximum Gasteiger partial charge on any atom is 0.354 e. The summed E-state index contributed by atoms with van der Waals surface area (Å²) in [5.74, 6) is -3.08. The van der Waals surface area contributed by atoms with Crippen LogP contribution in [0.25, 0.3) is 0 Å². The van der Waals surface area contributed by atoms with Gasteiger partial charge < -0.3 is 29.4 Å². The molecular weight excluding hydrogens is 504 g/mol. The molecule has 2 N–H and O–H groups in total. The fourth-order valence-corrected chi connectivity index (χ4v) is 4.13. The Morgan fingerprint density at radius 2 is 1.86 bits per heavy atom. The number of carbonyl (C=O) groups excluding carboxylic acids is 1. The van der Waals surface area contributed by atoms with Crippen LogP contribution in [-0.2, 0) is 16.1 Å². The number of halogens is 3. The van der Waals surface area contributed by atoms with Gasteiger partial charge in [-0.15, -0.1) is 0 Å². The summed E-state index contributed by atoms with van der Waals surface area (Å²) in [7, 11) is 3.99. The number of methoxy groups -OCH3 is 3. The van der Waals surface area contributed by atoms with E-state index in [4.69, 9.17) is 30.5 Å². The van der Waals surface area contributed by atoms with Crippen LogP contribution in [0.1, 0.15) is 5.56 Å². The van der Waals surface area contributed by atoms with Crippen LogP contribution in [-0.4, -0.2) is 56.4 Å². The van der Waals surface area contributed by atoms with Gasteiger partial charge in [-0.05, 0) is 12.1 Å². The number of anilines is 1. The number of hydrogen-bond donors (Lipinski definition) is 2. The van der Waals surface area contributed by atoms with Crippen LogP contribution in [0.15, 0.2) is 41.1 Å². The molecule has 2 aromatic rings. The van der Waals surface area contributed by atoms with Crippen LogP contribution < -0.4 is 24.4 Å². The lowest BCUT2D eigenvalue weighted by Gasteiger charge is -2.28. The summed E-state index contributed by atoms with van der Waals surface area (Å²) < 4.78 is 49.6. The number of aliphatic carboxylic acids is 1. The van der Waals surface area contributed by atoms with E-state index in [1.165, 1.54) is 45.6 Å². The average Bonchev–Trinajstić information content (AvgIpc) is 3.20. The number of carboxylic acid groups (broad SMARTS) is 1. The van der Waals surface area contributed by atoms with E-state index in [0.717, 1.165) is 11.0 Å². The molecule has 10 nitrogen and oxygen atoms in total. The van der Waals surface area contributed by atoms with Crippen molar-refractivity contribution in [2.75, 3.05) is 26.2 Å². The van der Waals surface area contributed by atoms with Crippen molar-refractivity contribution < 1.29 is 42.4 Å². The quantitative estimate of drug-likeness (QED) is 0.543. The van der Waals surface area contributed by atoms with Gasteiger partial charge in [-0.1, -0.05) is 11.6 Å². The number of nitrogens with one attached hydrogen (secondary N) is 1. The second-order valence-electron chi connectivity index (χ2n) is 7.57. The normalized spacial score (nSPS) is 18.6. The lowest BCUT2D eigenvalue weighted by Crippen LogP contribution is -2.41. The van der Waals surface area contributed by atoms with Crippen molar-refractivity contribution in [2.24, 2.45) is 4.99 Å². The van der Waals surface area contributed by atoms with Gasteiger partial charge in [0.25, 0.3) is 0 Å². The number of carbonyl (C=O) groups is 2. The molecule has 0 radical (unpaired) electrons. The molecule has 4 rings (SSSR count). The maximum atomic E-state index is 14.4. The summed E-state index contributed by atoms with van der Waals surface area (Å²) in [4.78, 5) is 29.8. The second kappa shape index (κ2) is 9.90. The van der Waals surface area contributed by atoms with Crippen LogP contribution in [0, 0.1) is 11.6 Å². The fraction of sp³-hybridized carbons (Fsp3) is 0.261. The molecule has 1 saturated heterocycles. The largest absolute Gasteiger partial charge is 0.499 e. The minimum absolute atomic E-state index is 0.0413. The number of nitrogens with zero attached hydrogens (tertiary/aromatic N) is 2. The number of aliphatic imine (C=N–C) groups is 1. The monoisotopic (exact) mass is 523 g/mol. The van der Waals surface area contributed by atoms with E-state index in [1.807, 2.05) is 0 Å². The number of carboxylic acids is 1. The van der Waals surface area contributed by atoms with Crippen molar-refractivity contribution in [3.63, 3.8) is 0 Å². The summed E-state index contributed by atoms with van der Waals surface area (Å²) in [5, 5.41) is 12.2. The van der Waals surface area contributed by atoms with Gasteiger partial charge in [0.1, 0.15) is 29.9 Å². The summed E-state index contributed by atoms with van der Waals surface area (Å²) in [6.45, 7) is -0.444. The third kappa shape index (κ3) is 4.35. The minimum Gasteiger partial charge on any atom is -0.499 e. The van der Waals surface area contributed by atoms with Gasteiger partial charge in [-0.25, -0.2) is 23.4 Å². The molecule has 0 spiro atoms. The Labute approximate surface area is 208 Å². The van der Waals surface area contributed by atoms with Gasteiger partial charge in [0.05, 0.1) is 37.6 Å². The van der Waals surface area contributed by atoms with E-state index in [0.29, 0.717) is 0 Å². The molecule has 2 aliphatic heterocycles.